The van der Waals surface area contributed by atoms with Gasteiger partial charge in [-0.3, -0.25) is 4.79 Å². The molecule has 3 N–H and O–H groups in total. The van der Waals surface area contributed by atoms with Crippen LogP contribution in [0.5, 0.6) is 5.75 Å². The molecule has 0 fully saturated rings. The number of benzene rings is 1. The molecule has 19 heavy (non-hydrogen) atoms. The van der Waals surface area contributed by atoms with Crippen LogP contribution in [0.2, 0.25) is 0 Å². The zero-order chi connectivity index (χ0) is 14.4. The fraction of sp³-hybridized carbons (Fsp3) is 0.385. The van der Waals surface area contributed by atoms with Gasteiger partial charge in [0.25, 0.3) is 0 Å². The topological polar surface area (TPSA) is 92.9 Å². The average Bonchev–Trinajstić information content (AvgIpc) is 2.35. The van der Waals surface area contributed by atoms with E-state index in [1.807, 2.05) is 0 Å². The third-order valence-corrected chi connectivity index (χ3v) is 2.53. The summed E-state index contributed by atoms with van der Waals surface area (Å²) in [5.74, 6) is -0.815. The second-order valence-corrected chi connectivity index (χ2v) is 4.30. The molecule has 0 unspecified atom stereocenters. The first-order valence-corrected chi connectivity index (χ1v) is 5.87. The summed E-state index contributed by atoms with van der Waals surface area (Å²) >= 11 is 0. The molecule has 0 saturated heterocycles. The molecular weight excluding hydrogens is 248 g/mol. The predicted octanol–water partition coefficient (Wildman–Crippen LogP) is 1.21. The molecule has 0 atom stereocenters. The van der Waals surface area contributed by atoms with E-state index in [4.69, 9.17) is 15.6 Å². The standard InChI is InChI=1S/C13H18N2O4/c1-15(2)12(16)4-3-7-19-11-6-5-9(14)8-10(11)13(17)18/h5-6,8H,3-4,7,14H2,1-2H3,(H,17,18). The summed E-state index contributed by atoms with van der Waals surface area (Å²) in [4.78, 5) is 23.8. The Morgan fingerprint density at radius 3 is 2.63 bits per heavy atom. The van der Waals surface area contributed by atoms with E-state index in [1.54, 1.807) is 20.2 Å². The monoisotopic (exact) mass is 266 g/mol. The lowest BCUT2D eigenvalue weighted by atomic mass is 10.2. The van der Waals surface area contributed by atoms with E-state index in [0.717, 1.165) is 0 Å². The van der Waals surface area contributed by atoms with Gasteiger partial charge in [-0.2, -0.15) is 0 Å². The van der Waals surface area contributed by atoms with E-state index in [0.29, 0.717) is 18.5 Å². The molecule has 0 spiro atoms. The third-order valence-electron chi connectivity index (χ3n) is 2.53. The molecule has 0 aliphatic heterocycles. The van der Waals surface area contributed by atoms with E-state index in [-0.39, 0.29) is 23.8 Å². The van der Waals surface area contributed by atoms with Crippen LogP contribution >= 0.6 is 0 Å². The molecule has 0 aliphatic rings. The predicted molar refractivity (Wildman–Crippen MR) is 71.2 cm³/mol. The van der Waals surface area contributed by atoms with Crippen molar-refractivity contribution in [1.29, 1.82) is 0 Å². The normalized spacial score (nSPS) is 10.0. The first-order valence-electron chi connectivity index (χ1n) is 5.87. The molecule has 0 bridgehead atoms. The molecule has 6 nitrogen and oxygen atoms in total. The quantitative estimate of drug-likeness (QED) is 0.596. The maximum absolute atomic E-state index is 11.3. The Kier molecular flexibility index (Phi) is 5.17. The van der Waals surface area contributed by atoms with Gasteiger partial charge in [-0.15, -0.1) is 0 Å². The van der Waals surface area contributed by atoms with Crippen molar-refractivity contribution in [2.75, 3.05) is 26.4 Å². The highest BCUT2D eigenvalue weighted by atomic mass is 16.5. The Bertz CT molecular complexity index is 472. The van der Waals surface area contributed by atoms with Gasteiger partial charge in [0.1, 0.15) is 11.3 Å². The van der Waals surface area contributed by atoms with Crippen LogP contribution in [0, 0.1) is 0 Å². The van der Waals surface area contributed by atoms with Gasteiger partial charge in [0, 0.05) is 26.2 Å². The van der Waals surface area contributed by atoms with Crippen LogP contribution in [0.4, 0.5) is 5.69 Å². The minimum Gasteiger partial charge on any atom is -0.493 e. The molecule has 6 heteroatoms. The van der Waals surface area contributed by atoms with Crippen molar-refractivity contribution >= 4 is 17.6 Å². The van der Waals surface area contributed by atoms with Crippen molar-refractivity contribution in [3.8, 4) is 5.75 Å². The van der Waals surface area contributed by atoms with Crippen LogP contribution in [-0.4, -0.2) is 42.6 Å². The van der Waals surface area contributed by atoms with Gasteiger partial charge in [0.05, 0.1) is 6.61 Å². The van der Waals surface area contributed by atoms with Gasteiger partial charge in [-0.05, 0) is 24.6 Å². The van der Waals surface area contributed by atoms with Crippen LogP contribution in [0.1, 0.15) is 23.2 Å². The molecule has 0 saturated carbocycles. The Labute approximate surface area is 111 Å². The van der Waals surface area contributed by atoms with E-state index in [2.05, 4.69) is 0 Å². The maximum Gasteiger partial charge on any atom is 0.339 e. The molecule has 1 aromatic carbocycles. The van der Waals surface area contributed by atoms with Crippen LogP contribution in [-0.2, 0) is 4.79 Å². The van der Waals surface area contributed by atoms with E-state index < -0.39 is 5.97 Å². The number of carboxylic acids is 1. The van der Waals surface area contributed by atoms with Crippen LogP contribution < -0.4 is 10.5 Å². The lowest BCUT2D eigenvalue weighted by Gasteiger charge is -2.11. The largest absolute Gasteiger partial charge is 0.493 e. The van der Waals surface area contributed by atoms with Crippen molar-refractivity contribution in [2.24, 2.45) is 0 Å². The summed E-state index contributed by atoms with van der Waals surface area (Å²) in [6.45, 7) is 0.282. The third kappa shape index (κ3) is 4.50. The molecule has 0 radical (unpaired) electrons. The number of carbonyl (C=O) groups excluding carboxylic acids is 1. The first-order chi connectivity index (χ1) is 8.91. The van der Waals surface area contributed by atoms with Gasteiger partial charge in [0.2, 0.25) is 5.91 Å². The number of nitrogen functional groups attached to an aromatic ring is 1. The van der Waals surface area contributed by atoms with Crippen LogP contribution in [0.3, 0.4) is 0 Å². The van der Waals surface area contributed by atoms with E-state index >= 15 is 0 Å². The smallest absolute Gasteiger partial charge is 0.339 e. The van der Waals surface area contributed by atoms with Gasteiger partial charge < -0.3 is 20.5 Å². The van der Waals surface area contributed by atoms with Crippen molar-refractivity contribution in [3.05, 3.63) is 23.8 Å². The maximum atomic E-state index is 11.3. The number of anilines is 1. The minimum absolute atomic E-state index is 0.0133. The fourth-order valence-corrected chi connectivity index (χ4v) is 1.47. The average molecular weight is 266 g/mol. The van der Waals surface area contributed by atoms with E-state index in [1.165, 1.54) is 17.0 Å². The van der Waals surface area contributed by atoms with Crippen molar-refractivity contribution in [3.63, 3.8) is 0 Å². The molecule has 0 heterocycles. The molecule has 1 amide bonds. The number of carboxylic acid groups (broad SMARTS) is 1. The Hall–Kier alpha value is -2.24. The minimum atomic E-state index is -1.09. The van der Waals surface area contributed by atoms with Gasteiger partial charge in [0.15, 0.2) is 0 Å². The molecule has 1 rings (SSSR count). The summed E-state index contributed by atoms with van der Waals surface area (Å²) in [5, 5.41) is 9.01. The number of carbonyl (C=O) groups is 2. The zero-order valence-electron chi connectivity index (χ0n) is 11.0. The summed E-state index contributed by atoms with van der Waals surface area (Å²) in [7, 11) is 3.37. The Balaban J connectivity index is 2.54. The molecule has 1 aromatic rings. The van der Waals surface area contributed by atoms with Crippen molar-refractivity contribution in [1.82, 2.24) is 4.90 Å². The highest BCUT2D eigenvalue weighted by Gasteiger charge is 2.12. The van der Waals surface area contributed by atoms with Crippen molar-refractivity contribution in [2.45, 2.75) is 12.8 Å². The lowest BCUT2D eigenvalue weighted by molar-refractivity contribution is -0.128. The fourth-order valence-electron chi connectivity index (χ4n) is 1.47. The van der Waals surface area contributed by atoms with Crippen LogP contribution in [0.15, 0.2) is 18.2 Å². The number of nitrogens with zero attached hydrogens (tertiary/aromatic N) is 1. The molecule has 0 aromatic heterocycles. The Morgan fingerprint density at radius 1 is 1.37 bits per heavy atom. The summed E-state index contributed by atoms with van der Waals surface area (Å²) in [6, 6.07) is 4.45. The van der Waals surface area contributed by atoms with Gasteiger partial charge >= 0.3 is 5.97 Å². The van der Waals surface area contributed by atoms with Crippen LogP contribution in [0.25, 0.3) is 0 Å². The highest BCUT2D eigenvalue weighted by molar-refractivity contribution is 5.92. The number of amides is 1. The molecule has 0 aliphatic carbocycles. The number of hydrogen-bond donors (Lipinski definition) is 2. The summed E-state index contributed by atoms with van der Waals surface area (Å²) in [5.41, 5.74) is 5.92. The SMILES string of the molecule is CN(C)C(=O)CCCOc1ccc(N)cc1C(=O)O. The number of ether oxygens (including phenoxy) is 1. The second kappa shape index (κ2) is 6.63. The Morgan fingerprint density at radius 2 is 2.05 bits per heavy atom. The van der Waals surface area contributed by atoms with E-state index in [9.17, 15) is 9.59 Å². The molecule has 104 valence electrons. The number of rotatable bonds is 6. The van der Waals surface area contributed by atoms with Gasteiger partial charge in [-0.1, -0.05) is 0 Å². The van der Waals surface area contributed by atoms with Gasteiger partial charge in [-0.25, -0.2) is 4.79 Å². The number of hydrogen-bond acceptors (Lipinski definition) is 4. The second-order valence-electron chi connectivity index (χ2n) is 4.30. The molecular formula is C13H18N2O4. The summed E-state index contributed by atoms with van der Waals surface area (Å²) in [6.07, 6.45) is 0.894. The summed E-state index contributed by atoms with van der Waals surface area (Å²) < 4.78 is 5.38. The van der Waals surface area contributed by atoms with Crippen molar-refractivity contribution < 1.29 is 19.4 Å². The first kappa shape index (κ1) is 14.8. The number of aromatic carboxylic acids is 1. The highest BCUT2D eigenvalue weighted by Crippen LogP contribution is 2.21. The number of nitrogens with two attached hydrogens (primary N) is 1. The zero-order valence-corrected chi connectivity index (χ0v) is 11.0. The lowest BCUT2D eigenvalue weighted by Crippen LogP contribution is -2.21.